The molecule has 0 spiro atoms. The van der Waals surface area contributed by atoms with Crippen LogP contribution in [-0.2, 0) is 0 Å². The van der Waals surface area contributed by atoms with Crippen LogP contribution in [0.4, 0.5) is 0 Å². The molecule has 0 unspecified atom stereocenters. The lowest BCUT2D eigenvalue weighted by atomic mass is 10.2. The zero-order valence-corrected chi connectivity index (χ0v) is 10.4. The Hall–Kier alpha value is 0.0600. The summed E-state index contributed by atoms with van der Waals surface area (Å²) < 4.78 is 0.699. The van der Waals surface area contributed by atoms with Gasteiger partial charge < -0.3 is 5.11 Å². The molecule has 0 saturated carbocycles. The topological polar surface area (TPSA) is 37.3 Å². The number of hydrogen-bond acceptors (Lipinski definition) is 2. The molecule has 1 aromatic rings. The second-order valence-electron chi connectivity index (χ2n) is 2.24. The maximum atomic E-state index is 10.8. The van der Waals surface area contributed by atoms with Crippen LogP contribution in [0.5, 0.6) is 0 Å². The molecular weight excluding hydrogens is 323 g/mol. The van der Waals surface area contributed by atoms with Crippen LogP contribution in [0.1, 0.15) is 10.4 Å². The lowest BCUT2D eigenvalue weighted by Gasteiger charge is -2.05. The molecule has 0 heterocycles. The second kappa shape index (κ2) is 4.52. The molecule has 0 amide bonds. The normalized spacial score (nSPS) is 10.1. The Balaban J connectivity index is 3.38. The van der Waals surface area contributed by atoms with Crippen molar-refractivity contribution in [3.8, 4) is 0 Å². The lowest BCUT2D eigenvalue weighted by Crippen LogP contribution is -2.01. The van der Waals surface area contributed by atoms with Gasteiger partial charge in [0, 0.05) is 8.47 Å². The molecule has 0 bridgehead atoms. The van der Waals surface area contributed by atoms with E-state index in [4.69, 9.17) is 16.7 Å². The van der Waals surface area contributed by atoms with E-state index in [-0.39, 0.29) is 10.6 Å². The monoisotopic (exact) mass is 328 g/mol. The van der Waals surface area contributed by atoms with Gasteiger partial charge in [-0.15, -0.1) is 11.8 Å². The van der Waals surface area contributed by atoms with E-state index in [0.717, 1.165) is 4.90 Å². The molecule has 0 aliphatic heterocycles. The van der Waals surface area contributed by atoms with Gasteiger partial charge in [-0.2, -0.15) is 0 Å². The number of benzene rings is 1. The van der Waals surface area contributed by atoms with Gasteiger partial charge in [0.2, 0.25) is 0 Å². The predicted octanol–water partition coefficient (Wildman–Crippen LogP) is 3.36. The molecule has 0 aliphatic carbocycles. The van der Waals surface area contributed by atoms with Crippen LogP contribution in [-0.4, -0.2) is 17.3 Å². The molecule has 2 nitrogen and oxygen atoms in total. The van der Waals surface area contributed by atoms with Gasteiger partial charge in [-0.1, -0.05) is 11.6 Å². The first-order valence-electron chi connectivity index (χ1n) is 3.33. The highest BCUT2D eigenvalue weighted by Crippen LogP contribution is 2.30. The second-order valence-corrected chi connectivity index (χ2v) is 4.58. The summed E-state index contributed by atoms with van der Waals surface area (Å²) in [6.07, 6.45) is 1.90. The minimum absolute atomic E-state index is 0.189. The van der Waals surface area contributed by atoms with Crippen LogP contribution in [0.25, 0.3) is 0 Å². The molecule has 0 saturated heterocycles. The molecule has 5 heteroatoms. The molecule has 70 valence electrons. The van der Waals surface area contributed by atoms with E-state index in [1.54, 1.807) is 6.07 Å². The lowest BCUT2D eigenvalue weighted by molar-refractivity contribution is 0.0695. The van der Waals surface area contributed by atoms with Crippen molar-refractivity contribution >= 4 is 51.9 Å². The van der Waals surface area contributed by atoms with Gasteiger partial charge in [0.1, 0.15) is 0 Å². The van der Waals surface area contributed by atoms with Gasteiger partial charge in [0.25, 0.3) is 0 Å². The first-order valence-corrected chi connectivity index (χ1v) is 6.01. The van der Waals surface area contributed by atoms with Crippen LogP contribution >= 0.6 is 46.0 Å². The van der Waals surface area contributed by atoms with Gasteiger partial charge in [0.05, 0.1) is 10.6 Å². The van der Waals surface area contributed by atoms with Gasteiger partial charge >= 0.3 is 5.97 Å². The molecule has 0 fully saturated rings. The number of halogens is 2. The van der Waals surface area contributed by atoms with Crippen molar-refractivity contribution in [2.45, 2.75) is 4.90 Å². The van der Waals surface area contributed by atoms with Crippen molar-refractivity contribution in [1.82, 2.24) is 0 Å². The SMILES string of the molecule is CSc1ccc(Cl)c(C(=O)O)c1I. The molecule has 1 rings (SSSR count). The van der Waals surface area contributed by atoms with Crippen LogP contribution in [0.15, 0.2) is 17.0 Å². The van der Waals surface area contributed by atoms with Gasteiger partial charge in [-0.3, -0.25) is 0 Å². The van der Waals surface area contributed by atoms with Gasteiger partial charge in [-0.25, -0.2) is 4.79 Å². The molecule has 0 radical (unpaired) electrons. The average Bonchev–Trinajstić information content (AvgIpc) is 2.04. The molecule has 13 heavy (non-hydrogen) atoms. The van der Waals surface area contributed by atoms with Crippen LogP contribution in [0.3, 0.4) is 0 Å². The Morgan fingerprint density at radius 2 is 2.23 bits per heavy atom. The molecule has 1 aromatic carbocycles. The zero-order chi connectivity index (χ0) is 10.0. The molecule has 0 aliphatic rings. The maximum absolute atomic E-state index is 10.8. The van der Waals surface area contributed by atoms with Gasteiger partial charge in [-0.05, 0) is 41.0 Å². The summed E-state index contributed by atoms with van der Waals surface area (Å²) in [5.41, 5.74) is 0.189. The number of hydrogen-bond donors (Lipinski definition) is 1. The maximum Gasteiger partial charge on any atom is 0.338 e. The highest BCUT2D eigenvalue weighted by Gasteiger charge is 2.15. The Morgan fingerprint density at radius 1 is 1.62 bits per heavy atom. The first kappa shape index (κ1) is 11.1. The summed E-state index contributed by atoms with van der Waals surface area (Å²) in [6.45, 7) is 0. The van der Waals surface area contributed by atoms with Gasteiger partial charge in [0.15, 0.2) is 0 Å². The number of aromatic carboxylic acids is 1. The number of thioether (sulfide) groups is 1. The fourth-order valence-electron chi connectivity index (χ4n) is 0.887. The third-order valence-electron chi connectivity index (χ3n) is 1.49. The van der Waals surface area contributed by atoms with Crippen molar-refractivity contribution in [1.29, 1.82) is 0 Å². The summed E-state index contributed by atoms with van der Waals surface area (Å²) in [7, 11) is 0. The average molecular weight is 329 g/mol. The zero-order valence-electron chi connectivity index (χ0n) is 6.67. The van der Waals surface area contributed by atoms with E-state index < -0.39 is 5.97 Å². The smallest absolute Gasteiger partial charge is 0.338 e. The number of rotatable bonds is 2. The molecule has 0 atom stereocenters. The fraction of sp³-hybridized carbons (Fsp3) is 0.125. The first-order chi connectivity index (χ1) is 6.07. The van der Waals surface area contributed by atoms with Crippen molar-refractivity contribution < 1.29 is 9.90 Å². The summed E-state index contributed by atoms with van der Waals surface area (Å²) in [4.78, 5) is 11.7. The predicted molar refractivity (Wildman–Crippen MR) is 62.9 cm³/mol. The fourth-order valence-corrected chi connectivity index (χ4v) is 3.13. The Labute approximate surface area is 98.8 Å². The van der Waals surface area contributed by atoms with Crippen molar-refractivity contribution in [2.75, 3.05) is 6.26 Å². The number of carboxylic acid groups (broad SMARTS) is 1. The Kier molecular flexibility index (Phi) is 3.87. The van der Waals surface area contributed by atoms with Crippen molar-refractivity contribution in [2.24, 2.45) is 0 Å². The van der Waals surface area contributed by atoms with Crippen LogP contribution in [0, 0.1) is 3.57 Å². The quantitative estimate of drug-likeness (QED) is 0.668. The number of carboxylic acids is 1. The molecule has 0 aromatic heterocycles. The van der Waals surface area contributed by atoms with Crippen LogP contribution < -0.4 is 0 Å². The summed E-state index contributed by atoms with van der Waals surface area (Å²) in [5.74, 6) is -0.981. The molecular formula is C8H6ClIO2S. The van der Waals surface area contributed by atoms with E-state index in [9.17, 15) is 4.79 Å². The summed E-state index contributed by atoms with van der Waals surface area (Å²) in [5, 5.41) is 9.15. The minimum Gasteiger partial charge on any atom is -0.478 e. The van der Waals surface area contributed by atoms with Crippen molar-refractivity contribution in [3.05, 3.63) is 26.3 Å². The standard InChI is InChI=1S/C8H6ClIO2S/c1-13-5-3-2-4(9)6(7(5)10)8(11)12/h2-3H,1H3,(H,11,12). The minimum atomic E-state index is -0.981. The highest BCUT2D eigenvalue weighted by molar-refractivity contribution is 14.1. The molecule has 1 N–H and O–H groups in total. The number of carbonyl (C=O) groups is 1. The van der Waals surface area contributed by atoms with E-state index in [1.165, 1.54) is 11.8 Å². The van der Waals surface area contributed by atoms with E-state index in [1.807, 2.05) is 34.9 Å². The largest absolute Gasteiger partial charge is 0.478 e. The Bertz CT molecular complexity index is 354. The third-order valence-corrected chi connectivity index (χ3v) is 4.07. The summed E-state index contributed by atoms with van der Waals surface area (Å²) in [6, 6.07) is 3.43. The van der Waals surface area contributed by atoms with Crippen molar-refractivity contribution in [3.63, 3.8) is 0 Å². The Morgan fingerprint density at radius 3 is 2.69 bits per heavy atom. The summed E-state index contributed by atoms with van der Waals surface area (Å²) >= 11 is 9.26. The van der Waals surface area contributed by atoms with Crippen LogP contribution in [0.2, 0.25) is 5.02 Å². The van der Waals surface area contributed by atoms with E-state index in [2.05, 4.69) is 0 Å². The van der Waals surface area contributed by atoms with E-state index in [0.29, 0.717) is 3.57 Å². The van der Waals surface area contributed by atoms with E-state index >= 15 is 0 Å². The third kappa shape index (κ3) is 2.30. The highest BCUT2D eigenvalue weighted by atomic mass is 127.